The average molecular weight is 322 g/mol. The molecule has 0 aromatic heterocycles. The number of carbonyl (C=O) groups excluding carboxylic acids is 2. The van der Waals surface area contributed by atoms with E-state index >= 15 is 0 Å². The van der Waals surface area contributed by atoms with Crippen LogP contribution >= 0.6 is 0 Å². The van der Waals surface area contributed by atoms with E-state index in [0.717, 1.165) is 17.5 Å². The summed E-state index contributed by atoms with van der Waals surface area (Å²) in [5, 5.41) is 3.02. The van der Waals surface area contributed by atoms with Crippen LogP contribution in [0.1, 0.15) is 47.8 Å². The van der Waals surface area contributed by atoms with Gasteiger partial charge in [0, 0.05) is 18.2 Å². The lowest BCUT2D eigenvalue weighted by molar-refractivity contribution is -0.126. The summed E-state index contributed by atoms with van der Waals surface area (Å²) in [6, 6.07) is 16.7. The molecule has 0 saturated carbocycles. The van der Waals surface area contributed by atoms with Crippen LogP contribution in [0.5, 0.6) is 0 Å². The van der Waals surface area contributed by atoms with E-state index in [2.05, 4.69) is 5.32 Å². The molecule has 24 heavy (non-hydrogen) atoms. The highest BCUT2D eigenvalue weighted by Crippen LogP contribution is 2.35. The predicted molar refractivity (Wildman–Crippen MR) is 93.4 cm³/mol. The number of hydrogen-bond donors (Lipinski definition) is 1. The van der Waals surface area contributed by atoms with E-state index in [0.29, 0.717) is 12.1 Å². The quantitative estimate of drug-likeness (QED) is 0.918. The van der Waals surface area contributed by atoms with E-state index in [1.807, 2.05) is 62.4 Å². The Morgan fingerprint density at radius 2 is 1.79 bits per heavy atom. The molecule has 2 atom stereocenters. The van der Waals surface area contributed by atoms with Gasteiger partial charge in [0.05, 0.1) is 0 Å². The normalized spacial score (nSPS) is 17.5. The second-order valence-electron chi connectivity index (χ2n) is 6.23. The number of carbonyl (C=O) groups is 2. The van der Waals surface area contributed by atoms with Gasteiger partial charge in [0.1, 0.15) is 6.04 Å². The van der Waals surface area contributed by atoms with E-state index < -0.39 is 6.04 Å². The Balaban J connectivity index is 1.93. The molecule has 4 nitrogen and oxygen atoms in total. The van der Waals surface area contributed by atoms with E-state index in [-0.39, 0.29) is 17.9 Å². The third-order valence-electron chi connectivity index (χ3n) is 4.50. The van der Waals surface area contributed by atoms with Crippen LogP contribution in [-0.2, 0) is 11.3 Å². The van der Waals surface area contributed by atoms with E-state index in [1.165, 1.54) is 0 Å². The van der Waals surface area contributed by atoms with Crippen molar-refractivity contribution in [3.63, 3.8) is 0 Å². The molecular weight excluding hydrogens is 300 g/mol. The lowest BCUT2D eigenvalue weighted by Gasteiger charge is -2.26. The largest absolute Gasteiger partial charge is 0.352 e. The van der Waals surface area contributed by atoms with Crippen LogP contribution < -0.4 is 5.32 Å². The molecular formula is C20H22N2O2. The van der Waals surface area contributed by atoms with Gasteiger partial charge < -0.3 is 10.2 Å². The maximum absolute atomic E-state index is 12.8. The van der Waals surface area contributed by atoms with Gasteiger partial charge in [-0.3, -0.25) is 9.59 Å². The molecule has 0 aliphatic carbocycles. The number of nitrogens with one attached hydrogen (secondary N) is 1. The van der Waals surface area contributed by atoms with Crippen molar-refractivity contribution in [2.24, 2.45) is 0 Å². The zero-order chi connectivity index (χ0) is 17.1. The van der Waals surface area contributed by atoms with Crippen LogP contribution in [0.3, 0.4) is 0 Å². The van der Waals surface area contributed by atoms with Crippen LogP contribution in [0, 0.1) is 0 Å². The first-order valence-electron chi connectivity index (χ1n) is 8.36. The van der Waals surface area contributed by atoms with Crippen molar-refractivity contribution >= 4 is 11.8 Å². The minimum Gasteiger partial charge on any atom is -0.352 e. The van der Waals surface area contributed by atoms with Crippen molar-refractivity contribution in [1.29, 1.82) is 0 Å². The highest BCUT2D eigenvalue weighted by molar-refractivity contribution is 6.04. The zero-order valence-corrected chi connectivity index (χ0v) is 14.0. The summed E-state index contributed by atoms with van der Waals surface area (Å²) in [5.74, 6) is -0.197. The van der Waals surface area contributed by atoms with Crippen molar-refractivity contribution in [2.45, 2.75) is 38.9 Å². The van der Waals surface area contributed by atoms with Gasteiger partial charge in [-0.25, -0.2) is 0 Å². The van der Waals surface area contributed by atoms with Crippen molar-refractivity contribution < 1.29 is 9.59 Å². The molecule has 3 rings (SSSR count). The molecule has 1 aliphatic rings. The standard InChI is InChI=1S/C20H22N2O2/c1-3-14(2)21-19(23)18-16-11-7-8-12-17(16)20(24)22(18)13-15-9-5-4-6-10-15/h4-12,14,18H,3,13H2,1-2H3,(H,21,23)/t14-,18+/m1/s1. The fourth-order valence-electron chi connectivity index (χ4n) is 3.02. The van der Waals surface area contributed by atoms with E-state index in [9.17, 15) is 9.59 Å². The number of amides is 2. The molecule has 0 spiro atoms. The monoisotopic (exact) mass is 322 g/mol. The first kappa shape index (κ1) is 16.2. The summed E-state index contributed by atoms with van der Waals surface area (Å²) >= 11 is 0. The minimum atomic E-state index is -0.567. The lowest BCUT2D eigenvalue weighted by Crippen LogP contribution is -2.42. The molecule has 2 aromatic carbocycles. The van der Waals surface area contributed by atoms with Gasteiger partial charge in [-0.05, 0) is 30.5 Å². The van der Waals surface area contributed by atoms with Gasteiger partial charge >= 0.3 is 0 Å². The predicted octanol–water partition coefficient (Wildman–Crippen LogP) is 3.30. The van der Waals surface area contributed by atoms with Gasteiger partial charge in [0.15, 0.2) is 0 Å². The molecule has 1 aliphatic heterocycles. The van der Waals surface area contributed by atoms with Crippen molar-refractivity contribution in [1.82, 2.24) is 10.2 Å². The highest BCUT2D eigenvalue weighted by Gasteiger charge is 2.40. The van der Waals surface area contributed by atoms with Crippen molar-refractivity contribution in [2.75, 3.05) is 0 Å². The fourth-order valence-corrected chi connectivity index (χ4v) is 3.02. The molecule has 2 aromatic rings. The summed E-state index contributed by atoms with van der Waals surface area (Å²) in [7, 11) is 0. The van der Waals surface area contributed by atoms with Crippen LogP contribution in [-0.4, -0.2) is 22.8 Å². The SMILES string of the molecule is CC[C@@H](C)NC(=O)[C@@H]1c2ccccc2C(=O)N1Cc1ccccc1. The Morgan fingerprint density at radius 1 is 1.12 bits per heavy atom. The summed E-state index contributed by atoms with van der Waals surface area (Å²) in [6.07, 6.45) is 0.854. The van der Waals surface area contributed by atoms with Crippen LogP contribution in [0.15, 0.2) is 54.6 Å². The van der Waals surface area contributed by atoms with Gasteiger partial charge in [-0.15, -0.1) is 0 Å². The Hall–Kier alpha value is -2.62. The van der Waals surface area contributed by atoms with Gasteiger partial charge in [-0.1, -0.05) is 55.5 Å². The van der Waals surface area contributed by atoms with E-state index in [4.69, 9.17) is 0 Å². The first-order chi connectivity index (χ1) is 11.6. The molecule has 124 valence electrons. The minimum absolute atomic E-state index is 0.0824. The molecule has 2 amide bonds. The fraction of sp³-hybridized carbons (Fsp3) is 0.300. The number of fused-ring (bicyclic) bond motifs is 1. The number of nitrogens with zero attached hydrogens (tertiary/aromatic N) is 1. The smallest absolute Gasteiger partial charge is 0.255 e. The molecule has 0 bridgehead atoms. The summed E-state index contributed by atoms with van der Waals surface area (Å²) in [5.41, 5.74) is 2.43. The topological polar surface area (TPSA) is 49.4 Å². The van der Waals surface area contributed by atoms with Gasteiger partial charge in [-0.2, -0.15) is 0 Å². The summed E-state index contributed by atoms with van der Waals surface area (Å²) in [6.45, 7) is 4.43. The highest BCUT2D eigenvalue weighted by atomic mass is 16.2. The molecule has 1 N–H and O–H groups in total. The number of hydrogen-bond acceptors (Lipinski definition) is 2. The zero-order valence-electron chi connectivity index (χ0n) is 14.0. The Labute approximate surface area is 142 Å². The molecule has 0 saturated heterocycles. The number of rotatable bonds is 5. The maximum Gasteiger partial charge on any atom is 0.255 e. The van der Waals surface area contributed by atoms with Crippen LogP contribution in [0.4, 0.5) is 0 Å². The molecule has 4 heteroatoms. The van der Waals surface area contributed by atoms with Crippen molar-refractivity contribution in [3.8, 4) is 0 Å². The Bertz CT molecular complexity index is 742. The third-order valence-corrected chi connectivity index (χ3v) is 4.50. The Kier molecular flexibility index (Phi) is 4.65. The average Bonchev–Trinajstić information content (AvgIpc) is 2.88. The summed E-state index contributed by atoms with van der Waals surface area (Å²) < 4.78 is 0. The summed E-state index contributed by atoms with van der Waals surface area (Å²) in [4.78, 5) is 27.3. The van der Waals surface area contributed by atoms with Crippen LogP contribution in [0.25, 0.3) is 0 Å². The molecule has 0 fully saturated rings. The van der Waals surface area contributed by atoms with Gasteiger partial charge in [0.25, 0.3) is 5.91 Å². The molecule has 0 unspecified atom stereocenters. The third kappa shape index (κ3) is 3.04. The second-order valence-corrected chi connectivity index (χ2v) is 6.23. The second kappa shape index (κ2) is 6.87. The lowest BCUT2D eigenvalue weighted by atomic mass is 10.0. The molecule has 0 radical (unpaired) electrons. The Morgan fingerprint density at radius 3 is 2.50 bits per heavy atom. The maximum atomic E-state index is 12.8. The van der Waals surface area contributed by atoms with Crippen molar-refractivity contribution in [3.05, 3.63) is 71.3 Å². The molecule has 1 heterocycles. The number of benzene rings is 2. The van der Waals surface area contributed by atoms with Crippen LogP contribution in [0.2, 0.25) is 0 Å². The van der Waals surface area contributed by atoms with Gasteiger partial charge in [0.2, 0.25) is 5.91 Å². The first-order valence-corrected chi connectivity index (χ1v) is 8.36. The van der Waals surface area contributed by atoms with E-state index in [1.54, 1.807) is 11.0 Å².